The molecular weight excluding hydrogens is 236 g/mol. The molecule has 0 unspecified atom stereocenters. The number of piperidine rings is 1. The van der Waals surface area contributed by atoms with Crippen molar-refractivity contribution in [2.75, 3.05) is 6.54 Å². The van der Waals surface area contributed by atoms with E-state index in [1.807, 2.05) is 13.8 Å². The Hall–Kier alpha value is -1.59. The fourth-order valence-electron chi connectivity index (χ4n) is 1.94. The van der Waals surface area contributed by atoms with E-state index in [0.717, 1.165) is 0 Å². The van der Waals surface area contributed by atoms with Crippen LogP contribution in [-0.2, 0) is 14.4 Å². The van der Waals surface area contributed by atoms with Crippen LogP contribution in [0.3, 0.4) is 0 Å². The number of carbonyl (C=O) groups is 3. The molecule has 0 aromatic heterocycles. The van der Waals surface area contributed by atoms with Gasteiger partial charge in [0.05, 0.1) is 5.92 Å². The van der Waals surface area contributed by atoms with Crippen LogP contribution in [0.5, 0.6) is 0 Å². The zero-order valence-corrected chi connectivity index (χ0v) is 10.7. The number of nitrogens with one attached hydrogen (secondary N) is 2. The van der Waals surface area contributed by atoms with Gasteiger partial charge in [0.25, 0.3) is 0 Å². The zero-order chi connectivity index (χ0) is 13.7. The molecule has 0 bridgehead atoms. The summed E-state index contributed by atoms with van der Waals surface area (Å²) in [6.07, 6.45) is 1.20. The molecule has 1 aliphatic rings. The van der Waals surface area contributed by atoms with Gasteiger partial charge in [0.2, 0.25) is 11.8 Å². The Morgan fingerprint density at radius 1 is 1.50 bits per heavy atom. The summed E-state index contributed by atoms with van der Waals surface area (Å²) in [7, 11) is 0. The van der Waals surface area contributed by atoms with E-state index in [4.69, 9.17) is 5.11 Å². The molecule has 102 valence electrons. The summed E-state index contributed by atoms with van der Waals surface area (Å²) in [6.45, 7) is 4.10. The standard InChI is InChI=1S/C12H20N2O4/c1-7(2)5-9(12(17)18)14-11(16)8-3-4-10(15)13-6-8/h7-9H,3-6H2,1-2H3,(H,13,15)(H,14,16)(H,17,18)/t8-,9+/m1/s1. The number of hydrogen-bond donors (Lipinski definition) is 3. The molecule has 0 aromatic carbocycles. The highest BCUT2D eigenvalue weighted by molar-refractivity contribution is 5.87. The number of carboxylic acids is 1. The Balaban J connectivity index is 2.50. The number of aliphatic carboxylic acids is 1. The fourth-order valence-corrected chi connectivity index (χ4v) is 1.94. The summed E-state index contributed by atoms with van der Waals surface area (Å²) in [6, 6.07) is -0.852. The van der Waals surface area contributed by atoms with E-state index in [1.165, 1.54) is 0 Å². The van der Waals surface area contributed by atoms with Gasteiger partial charge >= 0.3 is 5.97 Å². The zero-order valence-electron chi connectivity index (χ0n) is 10.7. The molecule has 1 heterocycles. The van der Waals surface area contributed by atoms with Crippen molar-refractivity contribution in [3.63, 3.8) is 0 Å². The van der Waals surface area contributed by atoms with Gasteiger partial charge in [-0.25, -0.2) is 4.79 Å². The lowest BCUT2D eigenvalue weighted by Crippen LogP contribution is -2.48. The van der Waals surface area contributed by atoms with Gasteiger partial charge in [0.1, 0.15) is 6.04 Å². The molecule has 0 aromatic rings. The minimum atomic E-state index is -1.02. The molecular formula is C12H20N2O4. The van der Waals surface area contributed by atoms with Gasteiger partial charge in [-0.05, 0) is 18.8 Å². The number of carbonyl (C=O) groups excluding carboxylic acids is 2. The lowest BCUT2D eigenvalue weighted by molar-refractivity contribution is -0.143. The number of carboxylic acid groups (broad SMARTS) is 1. The lowest BCUT2D eigenvalue weighted by Gasteiger charge is -2.24. The van der Waals surface area contributed by atoms with Gasteiger partial charge in [-0.2, -0.15) is 0 Å². The lowest BCUT2D eigenvalue weighted by atomic mass is 9.97. The number of hydrogen-bond acceptors (Lipinski definition) is 3. The molecule has 2 atom stereocenters. The van der Waals surface area contributed by atoms with Crippen LogP contribution >= 0.6 is 0 Å². The molecule has 0 radical (unpaired) electrons. The van der Waals surface area contributed by atoms with Crippen molar-refractivity contribution in [3.8, 4) is 0 Å². The third kappa shape index (κ3) is 4.35. The van der Waals surface area contributed by atoms with Gasteiger partial charge in [-0.1, -0.05) is 13.8 Å². The average Bonchev–Trinajstić information content (AvgIpc) is 2.28. The van der Waals surface area contributed by atoms with Gasteiger partial charge in [-0.3, -0.25) is 9.59 Å². The first kappa shape index (κ1) is 14.5. The summed E-state index contributed by atoms with van der Waals surface area (Å²) in [5, 5.41) is 14.2. The van der Waals surface area contributed by atoms with Crippen LogP contribution in [0.15, 0.2) is 0 Å². The Bertz CT molecular complexity index is 331. The monoisotopic (exact) mass is 256 g/mol. The first-order valence-electron chi connectivity index (χ1n) is 6.20. The minimum Gasteiger partial charge on any atom is -0.480 e. The molecule has 6 nitrogen and oxygen atoms in total. The normalized spacial score (nSPS) is 21.3. The van der Waals surface area contributed by atoms with E-state index in [2.05, 4.69) is 10.6 Å². The Morgan fingerprint density at radius 3 is 2.61 bits per heavy atom. The minimum absolute atomic E-state index is 0.0592. The highest BCUT2D eigenvalue weighted by Crippen LogP contribution is 2.12. The Morgan fingerprint density at radius 2 is 2.17 bits per heavy atom. The summed E-state index contributed by atoms with van der Waals surface area (Å²) in [5.41, 5.74) is 0. The molecule has 6 heteroatoms. The van der Waals surface area contributed by atoms with Crippen LogP contribution in [0.2, 0.25) is 0 Å². The highest BCUT2D eigenvalue weighted by atomic mass is 16.4. The van der Waals surface area contributed by atoms with Crippen LogP contribution in [0, 0.1) is 11.8 Å². The smallest absolute Gasteiger partial charge is 0.326 e. The molecule has 2 amide bonds. The molecule has 18 heavy (non-hydrogen) atoms. The SMILES string of the molecule is CC(C)C[C@H](NC(=O)[C@@H]1CCC(=O)NC1)C(=O)O. The largest absolute Gasteiger partial charge is 0.480 e. The quantitative estimate of drug-likeness (QED) is 0.651. The van der Waals surface area contributed by atoms with Gasteiger partial charge in [0.15, 0.2) is 0 Å². The van der Waals surface area contributed by atoms with Crippen molar-refractivity contribution in [1.29, 1.82) is 0 Å². The maximum Gasteiger partial charge on any atom is 0.326 e. The number of rotatable bonds is 5. The Labute approximate surface area is 106 Å². The van der Waals surface area contributed by atoms with Crippen LogP contribution in [-0.4, -0.2) is 35.5 Å². The summed E-state index contributed by atoms with van der Waals surface area (Å²) >= 11 is 0. The van der Waals surface area contributed by atoms with Crippen LogP contribution in [0.25, 0.3) is 0 Å². The Kier molecular flexibility index (Phi) is 5.12. The van der Waals surface area contributed by atoms with E-state index in [1.54, 1.807) is 0 Å². The van der Waals surface area contributed by atoms with Crippen molar-refractivity contribution >= 4 is 17.8 Å². The summed E-state index contributed by atoms with van der Waals surface area (Å²) in [4.78, 5) is 33.9. The fraction of sp³-hybridized carbons (Fsp3) is 0.750. The molecule has 1 fully saturated rings. The van der Waals surface area contributed by atoms with E-state index >= 15 is 0 Å². The maximum atomic E-state index is 11.9. The molecule has 0 saturated carbocycles. The van der Waals surface area contributed by atoms with Crippen molar-refractivity contribution < 1.29 is 19.5 Å². The first-order chi connectivity index (χ1) is 8.40. The van der Waals surface area contributed by atoms with Crippen molar-refractivity contribution in [2.24, 2.45) is 11.8 Å². The molecule has 0 aliphatic carbocycles. The van der Waals surface area contributed by atoms with E-state index < -0.39 is 12.0 Å². The van der Waals surface area contributed by atoms with Crippen molar-refractivity contribution in [1.82, 2.24) is 10.6 Å². The van der Waals surface area contributed by atoms with E-state index in [0.29, 0.717) is 25.8 Å². The van der Waals surface area contributed by atoms with Gasteiger partial charge in [-0.15, -0.1) is 0 Å². The van der Waals surface area contributed by atoms with Crippen LogP contribution in [0.4, 0.5) is 0 Å². The van der Waals surface area contributed by atoms with E-state index in [-0.39, 0.29) is 23.7 Å². The van der Waals surface area contributed by atoms with E-state index in [9.17, 15) is 14.4 Å². The van der Waals surface area contributed by atoms with Crippen LogP contribution < -0.4 is 10.6 Å². The summed E-state index contributed by atoms with van der Waals surface area (Å²) < 4.78 is 0. The average molecular weight is 256 g/mol. The number of amides is 2. The van der Waals surface area contributed by atoms with Gasteiger partial charge < -0.3 is 15.7 Å². The second kappa shape index (κ2) is 6.37. The molecule has 1 saturated heterocycles. The molecule has 1 rings (SSSR count). The van der Waals surface area contributed by atoms with Crippen LogP contribution in [0.1, 0.15) is 33.1 Å². The second-order valence-electron chi connectivity index (χ2n) is 5.07. The van der Waals surface area contributed by atoms with Crippen molar-refractivity contribution in [2.45, 2.75) is 39.2 Å². The van der Waals surface area contributed by atoms with Crippen molar-refractivity contribution in [3.05, 3.63) is 0 Å². The predicted octanol–water partition coefficient (Wildman–Crippen LogP) is 0.128. The third-order valence-electron chi connectivity index (χ3n) is 2.96. The maximum absolute atomic E-state index is 11.9. The first-order valence-corrected chi connectivity index (χ1v) is 6.20. The highest BCUT2D eigenvalue weighted by Gasteiger charge is 2.28. The summed E-state index contributed by atoms with van der Waals surface area (Å²) in [5.74, 6) is -1.50. The second-order valence-corrected chi connectivity index (χ2v) is 5.07. The third-order valence-corrected chi connectivity index (χ3v) is 2.96. The molecule has 0 spiro atoms. The molecule has 1 aliphatic heterocycles. The predicted molar refractivity (Wildman–Crippen MR) is 64.8 cm³/mol. The topological polar surface area (TPSA) is 95.5 Å². The van der Waals surface area contributed by atoms with Gasteiger partial charge in [0, 0.05) is 13.0 Å². The molecule has 3 N–H and O–H groups in total.